The lowest BCUT2D eigenvalue weighted by Crippen LogP contribution is -2.31. The van der Waals surface area contributed by atoms with Crippen molar-refractivity contribution in [2.75, 3.05) is 13.2 Å². The molecule has 5 rings (SSSR count). The number of aryl methyl sites for hydroxylation is 3. The molecular formula is C25H30N2O2. The monoisotopic (exact) mass is 390 g/mol. The van der Waals surface area contributed by atoms with Crippen LogP contribution in [0.5, 0.6) is 11.5 Å². The van der Waals surface area contributed by atoms with Gasteiger partial charge in [-0.05, 0) is 74.9 Å². The zero-order chi connectivity index (χ0) is 20.0. The fourth-order valence-corrected chi connectivity index (χ4v) is 5.35. The van der Waals surface area contributed by atoms with Crippen molar-refractivity contribution in [3.8, 4) is 11.5 Å². The lowest BCUT2D eigenvalue weighted by molar-refractivity contribution is 0.173. The molecule has 0 spiro atoms. The Labute approximate surface area is 172 Å². The number of rotatable bonds is 4. The zero-order valence-electron chi connectivity index (χ0n) is 17.4. The number of aromatic hydroxyl groups is 1. The third-order valence-electron chi connectivity index (χ3n) is 6.57. The lowest BCUT2D eigenvalue weighted by Gasteiger charge is -2.33. The molecule has 1 aromatic heterocycles. The number of phenols is 1. The second kappa shape index (κ2) is 7.42. The molecule has 1 aliphatic carbocycles. The first-order chi connectivity index (χ1) is 14.2. The molecule has 3 aromatic rings. The molecule has 0 fully saturated rings. The highest BCUT2D eigenvalue weighted by Gasteiger charge is 2.33. The van der Waals surface area contributed by atoms with E-state index in [2.05, 4.69) is 34.6 Å². The van der Waals surface area contributed by atoms with E-state index in [0.29, 0.717) is 18.4 Å². The number of fused-ring (bicyclic) bond motifs is 3. The number of ether oxygens (including phenoxy) is 1. The van der Waals surface area contributed by atoms with E-state index in [9.17, 15) is 5.11 Å². The Balaban J connectivity index is 1.53. The number of aromatic nitrogens is 1. The molecule has 1 atom stereocenters. The minimum Gasteiger partial charge on any atom is -0.504 e. The molecule has 1 aliphatic heterocycles. The summed E-state index contributed by atoms with van der Waals surface area (Å²) in [6.07, 6.45) is 4.83. The van der Waals surface area contributed by atoms with Crippen LogP contribution in [0.2, 0.25) is 0 Å². The van der Waals surface area contributed by atoms with Crippen LogP contribution in [-0.2, 0) is 19.5 Å². The van der Waals surface area contributed by atoms with Crippen LogP contribution in [0.4, 0.5) is 0 Å². The van der Waals surface area contributed by atoms with Crippen molar-refractivity contribution < 1.29 is 9.84 Å². The Hall–Kier alpha value is -2.46. The topological polar surface area (TPSA) is 37.6 Å². The van der Waals surface area contributed by atoms with Crippen LogP contribution < -0.4 is 4.74 Å². The van der Waals surface area contributed by atoms with Crippen LogP contribution in [0.15, 0.2) is 36.4 Å². The summed E-state index contributed by atoms with van der Waals surface area (Å²) < 4.78 is 8.22. The molecule has 0 bridgehead atoms. The second-order valence-electron chi connectivity index (χ2n) is 8.50. The average Bonchev–Trinajstić information content (AvgIpc) is 2.90. The molecule has 0 saturated carbocycles. The quantitative estimate of drug-likeness (QED) is 0.654. The number of benzene rings is 2. The first kappa shape index (κ1) is 18.6. The third kappa shape index (κ3) is 3.20. The summed E-state index contributed by atoms with van der Waals surface area (Å²) in [7, 11) is 0. The van der Waals surface area contributed by atoms with Gasteiger partial charge in [-0.3, -0.25) is 4.90 Å². The Morgan fingerprint density at radius 3 is 2.86 bits per heavy atom. The van der Waals surface area contributed by atoms with Crippen molar-refractivity contribution in [2.45, 2.75) is 58.7 Å². The fraction of sp³-hybridized carbons (Fsp3) is 0.440. The Morgan fingerprint density at radius 2 is 2.00 bits per heavy atom. The van der Waals surface area contributed by atoms with Gasteiger partial charge in [0.2, 0.25) is 0 Å². The van der Waals surface area contributed by atoms with Gasteiger partial charge in [0.15, 0.2) is 11.5 Å². The van der Waals surface area contributed by atoms with Crippen molar-refractivity contribution >= 4 is 10.9 Å². The van der Waals surface area contributed by atoms with Gasteiger partial charge in [-0.2, -0.15) is 0 Å². The van der Waals surface area contributed by atoms with Gasteiger partial charge in [-0.15, -0.1) is 0 Å². The Bertz CT molecular complexity index is 1050. The van der Waals surface area contributed by atoms with Crippen molar-refractivity contribution in [2.24, 2.45) is 0 Å². The molecule has 2 heterocycles. The van der Waals surface area contributed by atoms with Crippen LogP contribution in [0, 0.1) is 6.92 Å². The second-order valence-corrected chi connectivity index (χ2v) is 8.50. The predicted octanol–water partition coefficient (Wildman–Crippen LogP) is 5.34. The highest BCUT2D eigenvalue weighted by molar-refractivity contribution is 5.87. The lowest BCUT2D eigenvalue weighted by atomic mass is 9.90. The van der Waals surface area contributed by atoms with Crippen molar-refractivity contribution in [1.29, 1.82) is 0 Å². The highest BCUT2D eigenvalue weighted by atomic mass is 16.5. The smallest absolute Gasteiger partial charge is 0.161 e. The minimum atomic E-state index is 0.224. The van der Waals surface area contributed by atoms with E-state index in [-0.39, 0.29) is 5.75 Å². The number of hydrogen-bond acceptors (Lipinski definition) is 3. The van der Waals surface area contributed by atoms with Crippen LogP contribution in [0.3, 0.4) is 0 Å². The third-order valence-corrected chi connectivity index (χ3v) is 6.57. The molecule has 152 valence electrons. The molecule has 1 unspecified atom stereocenters. The van der Waals surface area contributed by atoms with Gasteiger partial charge in [-0.25, -0.2) is 0 Å². The summed E-state index contributed by atoms with van der Waals surface area (Å²) in [6.45, 7) is 7.80. The molecule has 4 heteroatoms. The fourth-order valence-electron chi connectivity index (χ4n) is 5.35. The molecule has 0 amide bonds. The molecule has 0 saturated heterocycles. The molecule has 1 N–H and O–H groups in total. The van der Waals surface area contributed by atoms with E-state index in [0.717, 1.165) is 26.1 Å². The summed E-state index contributed by atoms with van der Waals surface area (Å²) >= 11 is 0. The normalized spacial score (nSPS) is 19.2. The van der Waals surface area contributed by atoms with Crippen LogP contribution in [-0.4, -0.2) is 27.7 Å². The van der Waals surface area contributed by atoms with E-state index in [1.54, 1.807) is 17.3 Å². The summed E-state index contributed by atoms with van der Waals surface area (Å²) in [4.78, 5) is 2.65. The molecular weight excluding hydrogens is 360 g/mol. The number of phenolic OH excluding ortho intramolecular Hbond substituents is 1. The number of hydrogen-bond donors (Lipinski definition) is 1. The first-order valence-corrected chi connectivity index (χ1v) is 11.0. The molecule has 4 nitrogen and oxygen atoms in total. The van der Waals surface area contributed by atoms with Gasteiger partial charge in [0.25, 0.3) is 0 Å². The van der Waals surface area contributed by atoms with Gasteiger partial charge < -0.3 is 14.4 Å². The van der Waals surface area contributed by atoms with E-state index in [4.69, 9.17) is 4.74 Å². The summed E-state index contributed by atoms with van der Waals surface area (Å²) in [5.41, 5.74) is 7.10. The zero-order valence-corrected chi connectivity index (χ0v) is 17.4. The highest BCUT2D eigenvalue weighted by Crippen LogP contribution is 2.43. The van der Waals surface area contributed by atoms with E-state index in [1.165, 1.54) is 41.3 Å². The van der Waals surface area contributed by atoms with Crippen LogP contribution in [0.1, 0.15) is 54.6 Å². The van der Waals surface area contributed by atoms with Gasteiger partial charge in [0, 0.05) is 36.2 Å². The van der Waals surface area contributed by atoms with Crippen molar-refractivity contribution in [3.63, 3.8) is 0 Å². The van der Waals surface area contributed by atoms with E-state index in [1.807, 2.05) is 19.1 Å². The van der Waals surface area contributed by atoms with Gasteiger partial charge in [0.1, 0.15) is 0 Å². The maximum Gasteiger partial charge on any atom is 0.161 e. The summed E-state index contributed by atoms with van der Waals surface area (Å²) in [5.74, 6) is 0.815. The van der Waals surface area contributed by atoms with E-state index < -0.39 is 0 Å². The Morgan fingerprint density at radius 1 is 1.10 bits per heavy atom. The summed E-state index contributed by atoms with van der Waals surface area (Å²) in [6, 6.07) is 13.2. The summed E-state index contributed by atoms with van der Waals surface area (Å²) in [5, 5.41) is 11.5. The Kier molecular flexibility index (Phi) is 4.75. The maximum atomic E-state index is 10.1. The van der Waals surface area contributed by atoms with Crippen LogP contribution >= 0.6 is 0 Å². The largest absolute Gasteiger partial charge is 0.504 e. The molecule has 29 heavy (non-hydrogen) atoms. The molecule has 2 aromatic carbocycles. The predicted molar refractivity (Wildman–Crippen MR) is 117 cm³/mol. The van der Waals surface area contributed by atoms with Crippen LogP contribution in [0.25, 0.3) is 10.9 Å². The van der Waals surface area contributed by atoms with Crippen molar-refractivity contribution in [3.05, 3.63) is 58.8 Å². The average molecular weight is 391 g/mol. The standard InChI is InChI=1S/C25H30N2O2/c1-3-29-24-15-18(9-11-23(24)28)16-26-12-5-13-27-21-10-8-17(2)14-20(21)19-6-4-7-22(26)25(19)27/h8-11,14-15,22,28H,3-7,12-13,16H2,1-2H3. The first-order valence-electron chi connectivity index (χ1n) is 11.0. The van der Waals surface area contributed by atoms with Gasteiger partial charge in [-0.1, -0.05) is 17.7 Å². The minimum absolute atomic E-state index is 0.224. The number of nitrogens with zero attached hydrogens (tertiary/aromatic N) is 2. The molecule has 2 aliphatic rings. The molecule has 0 radical (unpaired) electrons. The van der Waals surface area contributed by atoms with E-state index >= 15 is 0 Å². The van der Waals surface area contributed by atoms with Gasteiger partial charge in [0.05, 0.1) is 12.6 Å². The van der Waals surface area contributed by atoms with Crippen molar-refractivity contribution in [1.82, 2.24) is 9.47 Å². The SMILES string of the molecule is CCOc1cc(CN2CCCn3c4c(c5cc(C)ccc53)CCCC42)ccc1O. The van der Waals surface area contributed by atoms with Gasteiger partial charge >= 0.3 is 0 Å². The maximum absolute atomic E-state index is 10.1.